The van der Waals surface area contributed by atoms with Gasteiger partial charge in [0.25, 0.3) is 0 Å². The standard InChI is InChI=1S/C15H18I3NO2/c1-15(2,9-5-7-19-8-6-9)21-14(20)12-10(16)3-4-11(17)13(12)18/h3-4,9,19H,5-8H2,1-2H3. The number of nitrogens with one attached hydrogen (secondary N) is 1. The van der Waals surface area contributed by atoms with Crippen LogP contribution in [0.2, 0.25) is 0 Å². The van der Waals surface area contributed by atoms with Crippen LogP contribution in [0.1, 0.15) is 37.0 Å². The molecule has 0 aromatic heterocycles. The number of piperidine rings is 1. The minimum absolute atomic E-state index is 0.203. The van der Waals surface area contributed by atoms with Crippen molar-refractivity contribution in [1.82, 2.24) is 5.32 Å². The van der Waals surface area contributed by atoms with Crippen LogP contribution in [0, 0.1) is 16.6 Å². The number of halogens is 3. The summed E-state index contributed by atoms with van der Waals surface area (Å²) in [5.74, 6) is 0.214. The van der Waals surface area contributed by atoms with Crippen LogP contribution in [-0.4, -0.2) is 24.7 Å². The number of hydrogen-bond donors (Lipinski definition) is 1. The van der Waals surface area contributed by atoms with E-state index in [1.807, 2.05) is 26.0 Å². The lowest BCUT2D eigenvalue weighted by atomic mass is 9.83. The number of rotatable bonds is 3. The number of carbonyl (C=O) groups is 1. The number of ether oxygens (including phenoxy) is 1. The molecule has 0 unspecified atom stereocenters. The van der Waals surface area contributed by atoms with Crippen LogP contribution in [0.3, 0.4) is 0 Å². The summed E-state index contributed by atoms with van der Waals surface area (Å²) < 4.78 is 8.91. The summed E-state index contributed by atoms with van der Waals surface area (Å²) in [5, 5.41) is 3.35. The SMILES string of the molecule is CC(C)(OC(=O)c1c(I)ccc(I)c1I)C1CCNCC1. The Balaban J connectivity index is 2.19. The average molecular weight is 625 g/mol. The Morgan fingerprint density at radius 3 is 2.38 bits per heavy atom. The highest BCUT2D eigenvalue weighted by Gasteiger charge is 2.35. The smallest absolute Gasteiger partial charge is 0.340 e. The van der Waals surface area contributed by atoms with Crippen LogP contribution in [0.4, 0.5) is 0 Å². The van der Waals surface area contributed by atoms with Crippen molar-refractivity contribution in [3.8, 4) is 0 Å². The van der Waals surface area contributed by atoms with Gasteiger partial charge in [-0.05, 0) is 120 Å². The second-order valence-electron chi connectivity index (χ2n) is 5.74. The number of hydrogen-bond acceptors (Lipinski definition) is 3. The van der Waals surface area contributed by atoms with E-state index in [9.17, 15) is 4.79 Å². The minimum atomic E-state index is -0.424. The Hall–Kier alpha value is 0.840. The summed E-state index contributed by atoms with van der Waals surface area (Å²) in [6.45, 7) is 6.08. The van der Waals surface area contributed by atoms with Crippen molar-refractivity contribution in [1.29, 1.82) is 0 Å². The van der Waals surface area contributed by atoms with Gasteiger partial charge in [0.15, 0.2) is 0 Å². The molecule has 1 aromatic carbocycles. The first kappa shape index (κ1) is 18.2. The molecule has 1 fully saturated rings. The first-order valence-corrected chi connectivity index (χ1v) is 10.1. The van der Waals surface area contributed by atoms with Gasteiger partial charge < -0.3 is 10.1 Å². The van der Waals surface area contributed by atoms with Crippen LogP contribution in [0.5, 0.6) is 0 Å². The summed E-state index contributed by atoms with van der Waals surface area (Å²) in [6, 6.07) is 4.00. The van der Waals surface area contributed by atoms with E-state index in [1.54, 1.807) is 0 Å². The van der Waals surface area contributed by atoms with Gasteiger partial charge in [-0.25, -0.2) is 4.79 Å². The monoisotopic (exact) mass is 625 g/mol. The predicted molar refractivity (Wildman–Crippen MR) is 110 cm³/mol. The lowest BCUT2D eigenvalue weighted by molar-refractivity contribution is -0.0370. The van der Waals surface area contributed by atoms with E-state index >= 15 is 0 Å². The van der Waals surface area contributed by atoms with E-state index in [-0.39, 0.29) is 5.97 Å². The summed E-state index contributed by atoms with van der Waals surface area (Å²) in [7, 11) is 0. The van der Waals surface area contributed by atoms with E-state index in [4.69, 9.17) is 4.74 Å². The largest absolute Gasteiger partial charge is 0.456 e. The van der Waals surface area contributed by atoms with Gasteiger partial charge in [-0.3, -0.25) is 0 Å². The molecular weight excluding hydrogens is 607 g/mol. The Labute approximate surface area is 166 Å². The van der Waals surface area contributed by atoms with Crippen molar-refractivity contribution < 1.29 is 9.53 Å². The summed E-state index contributed by atoms with van der Waals surface area (Å²) >= 11 is 6.69. The molecule has 1 heterocycles. The number of benzene rings is 1. The molecule has 1 aliphatic rings. The third kappa shape index (κ3) is 4.43. The molecule has 0 amide bonds. The van der Waals surface area contributed by atoms with Gasteiger partial charge in [-0.1, -0.05) is 0 Å². The maximum absolute atomic E-state index is 12.6. The highest BCUT2D eigenvalue weighted by molar-refractivity contribution is 14.1. The van der Waals surface area contributed by atoms with Crippen molar-refractivity contribution in [2.24, 2.45) is 5.92 Å². The van der Waals surface area contributed by atoms with Crippen molar-refractivity contribution in [3.05, 3.63) is 28.4 Å². The fraction of sp³-hybridized carbons (Fsp3) is 0.533. The first-order valence-electron chi connectivity index (χ1n) is 6.90. The van der Waals surface area contributed by atoms with Gasteiger partial charge in [0.05, 0.1) is 5.56 Å². The van der Waals surface area contributed by atoms with Gasteiger partial charge in [0, 0.05) is 16.6 Å². The Kier molecular flexibility index (Phi) is 6.59. The molecule has 6 heteroatoms. The zero-order valence-electron chi connectivity index (χ0n) is 12.0. The maximum Gasteiger partial charge on any atom is 0.340 e. The van der Waals surface area contributed by atoms with Crippen molar-refractivity contribution in [2.45, 2.75) is 32.3 Å². The van der Waals surface area contributed by atoms with Crippen molar-refractivity contribution in [2.75, 3.05) is 13.1 Å². The van der Waals surface area contributed by atoms with Gasteiger partial charge >= 0.3 is 5.97 Å². The normalized spacial score (nSPS) is 16.8. The third-order valence-corrected chi connectivity index (χ3v) is 7.88. The predicted octanol–water partition coefficient (Wildman–Crippen LogP) is 4.44. The molecule has 1 saturated heterocycles. The quantitative estimate of drug-likeness (QED) is 0.307. The van der Waals surface area contributed by atoms with Gasteiger partial charge in [-0.15, -0.1) is 0 Å². The molecule has 0 bridgehead atoms. The van der Waals surface area contributed by atoms with Crippen LogP contribution in [-0.2, 0) is 4.74 Å². The zero-order chi connectivity index (χ0) is 15.6. The first-order chi connectivity index (χ1) is 9.83. The minimum Gasteiger partial charge on any atom is -0.456 e. The molecule has 1 N–H and O–H groups in total. The Bertz CT molecular complexity index is 540. The Morgan fingerprint density at radius 1 is 1.19 bits per heavy atom. The lowest BCUT2D eigenvalue weighted by Crippen LogP contribution is -2.43. The second kappa shape index (κ2) is 7.61. The molecule has 0 aliphatic carbocycles. The zero-order valence-corrected chi connectivity index (χ0v) is 18.5. The summed E-state index contributed by atoms with van der Waals surface area (Å²) in [4.78, 5) is 12.6. The summed E-state index contributed by atoms with van der Waals surface area (Å²) in [6.07, 6.45) is 2.11. The molecule has 0 atom stereocenters. The number of carbonyl (C=O) groups excluding carboxylic acids is 1. The fourth-order valence-corrected chi connectivity index (χ4v) is 4.93. The Morgan fingerprint density at radius 2 is 1.76 bits per heavy atom. The molecule has 0 radical (unpaired) electrons. The van der Waals surface area contributed by atoms with Crippen LogP contribution in [0.25, 0.3) is 0 Å². The molecule has 21 heavy (non-hydrogen) atoms. The molecule has 2 rings (SSSR count). The molecule has 1 aliphatic heterocycles. The molecule has 3 nitrogen and oxygen atoms in total. The van der Waals surface area contributed by atoms with E-state index in [1.165, 1.54) is 0 Å². The van der Waals surface area contributed by atoms with E-state index in [0.717, 1.165) is 36.6 Å². The highest BCUT2D eigenvalue weighted by atomic mass is 127. The molecule has 116 valence electrons. The van der Waals surface area contributed by atoms with Crippen LogP contribution < -0.4 is 5.32 Å². The van der Waals surface area contributed by atoms with Gasteiger partial charge in [0.1, 0.15) is 5.60 Å². The topological polar surface area (TPSA) is 38.3 Å². The van der Waals surface area contributed by atoms with Gasteiger partial charge in [0.2, 0.25) is 0 Å². The maximum atomic E-state index is 12.6. The van der Waals surface area contributed by atoms with Crippen molar-refractivity contribution in [3.63, 3.8) is 0 Å². The molecular formula is C15H18I3NO2. The average Bonchev–Trinajstić information content (AvgIpc) is 2.44. The van der Waals surface area contributed by atoms with Crippen LogP contribution in [0.15, 0.2) is 12.1 Å². The number of esters is 1. The van der Waals surface area contributed by atoms with Gasteiger partial charge in [-0.2, -0.15) is 0 Å². The molecule has 0 spiro atoms. The second-order valence-corrected chi connectivity index (χ2v) is 9.14. The third-order valence-electron chi connectivity index (χ3n) is 3.93. The lowest BCUT2D eigenvalue weighted by Gasteiger charge is -2.36. The molecule has 1 aromatic rings. The van der Waals surface area contributed by atoms with E-state index < -0.39 is 5.60 Å². The van der Waals surface area contributed by atoms with E-state index in [2.05, 4.69) is 73.1 Å². The fourth-order valence-electron chi connectivity index (χ4n) is 2.60. The summed E-state index contributed by atoms with van der Waals surface area (Å²) in [5.41, 5.74) is 0.275. The molecule has 0 saturated carbocycles. The van der Waals surface area contributed by atoms with E-state index in [0.29, 0.717) is 11.5 Å². The van der Waals surface area contributed by atoms with Crippen LogP contribution >= 0.6 is 67.8 Å². The van der Waals surface area contributed by atoms with Crippen molar-refractivity contribution >= 4 is 73.7 Å². The highest BCUT2D eigenvalue weighted by Crippen LogP contribution is 2.32.